The first-order valence-electron chi connectivity index (χ1n) is 24.0. The second kappa shape index (κ2) is 22.1. The Balaban J connectivity index is 1.11. The van der Waals surface area contributed by atoms with Crippen molar-refractivity contribution in [2.24, 2.45) is 20.0 Å². The SMILES string of the molecule is CO[S+](=O)(Nc1c(CC(C)C)nn(C)c1C)c1ccc(-c2cc(CN3[C@@H](C)CC[C@@H]3C)cc(C3CN(C)CCC3OCCCc3cc(Cl)c([S+](=O)([O-])N(c4c(C)nn(C)c4C)C(F)F)c(Cl)c3)c2)cc1. The molecular formula is C51H69Cl2F2N8O5S2+. The molecule has 70 heavy (non-hydrogen) atoms. The number of likely N-dealkylation sites (N-methyl/N-ethyl adjacent to an activating group) is 1. The Hall–Kier alpha value is -3.78. The van der Waals surface area contributed by atoms with Crippen LogP contribution in [0.2, 0.25) is 10.0 Å². The monoisotopic (exact) mass is 1050 g/mol. The van der Waals surface area contributed by atoms with Crippen molar-refractivity contribution in [2.45, 2.75) is 134 Å². The average molecular weight is 1050 g/mol. The van der Waals surface area contributed by atoms with Gasteiger partial charge in [0.25, 0.3) is 0 Å². The molecular weight excluding hydrogens is 978 g/mol. The smallest absolute Gasteiger partial charge is 0.352 e. The highest BCUT2D eigenvalue weighted by Crippen LogP contribution is 2.42. The van der Waals surface area contributed by atoms with Crippen molar-refractivity contribution >= 4 is 55.4 Å². The number of nitrogens with zero attached hydrogens (tertiary/aromatic N) is 7. The van der Waals surface area contributed by atoms with Crippen molar-refractivity contribution in [3.63, 3.8) is 0 Å². The van der Waals surface area contributed by atoms with E-state index >= 15 is 0 Å². The number of benzene rings is 3. The van der Waals surface area contributed by atoms with E-state index in [1.54, 1.807) is 11.7 Å². The summed E-state index contributed by atoms with van der Waals surface area (Å²) in [5.41, 5.74) is 7.73. The molecule has 2 fully saturated rings. The largest absolute Gasteiger partial charge is 0.588 e. The standard InChI is InChI=1S/C51H69Cl2F2N8O5S2/c1-31(2)23-46-48(35(6)60(9)57-46)58-69(64,67-11)42-18-16-39(17-19-42)40-24-38(29-62-32(3)14-15-33(62)4)25-41(28-40)43-30-59(8)21-20-47(43)68-22-12-13-37-26-44(52)50(45(53)27-37)70(65,66)63(51(54)55)49-34(5)56-61(10)36(49)7/h16-19,24-28,31-33,43,47,51H,12-15,20-23,29-30H2,1-11H3,(H-,58,64,65,66)/q+1/t32-,33-,43?,47?,69?/m0/s1. The molecule has 0 radical (unpaired) electrons. The summed E-state index contributed by atoms with van der Waals surface area (Å²) >= 11 is 13.2. The highest BCUT2D eigenvalue weighted by Gasteiger charge is 2.44. The van der Waals surface area contributed by atoms with Crippen LogP contribution in [0.15, 0.2) is 64.4 Å². The molecule has 4 heterocycles. The van der Waals surface area contributed by atoms with Crippen LogP contribution in [0.1, 0.15) is 98.8 Å². The summed E-state index contributed by atoms with van der Waals surface area (Å²) in [5.74, 6) is 0.419. The summed E-state index contributed by atoms with van der Waals surface area (Å²) in [6.07, 6.45) is 4.83. The Morgan fingerprint density at radius 3 is 2.11 bits per heavy atom. The second-order valence-electron chi connectivity index (χ2n) is 19.6. The van der Waals surface area contributed by atoms with Gasteiger partial charge in [0.05, 0.1) is 46.0 Å². The van der Waals surface area contributed by atoms with E-state index in [2.05, 4.69) is 72.6 Å². The van der Waals surface area contributed by atoms with Gasteiger partial charge < -0.3 is 14.2 Å². The van der Waals surface area contributed by atoms with Gasteiger partial charge in [-0.15, -0.1) is 8.49 Å². The maximum absolute atomic E-state index is 14.6. The van der Waals surface area contributed by atoms with Gasteiger partial charge in [0.15, 0.2) is 10.4 Å². The van der Waals surface area contributed by atoms with Gasteiger partial charge in [-0.2, -0.15) is 23.7 Å². The fraction of sp³-hybridized carbons (Fsp3) is 0.529. The fourth-order valence-corrected chi connectivity index (χ4v) is 14.1. The van der Waals surface area contributed by atoms with E-state index in [0.29, 0.717) is 47.9 Å². The molecule has 6 atom stereocenters. The van der Waals surface area contributed by atoms with Crippen molar-refractivity contribution in [1.29, 1.82) is 0 Å². The maximum atomic E-state index is 14.6. The normalized spacial score (nSPS) is 20.9. The van der Waals surface area contributed by atoms with E-state index in [0.717, 1.165) is 73.5 Å². The molecule has 2 saturated heterocycles. The lowest BCUT2D eigenvalue weighted by Gasteiger charge is -2.37. The Bertz CT molecular complexity index is 2720. The predicted molar refractivity (Wildman–Crippen MR) is 277 cm³/mol. The lowest BCUT2D eigenvalue weighted by atomic mass is 9.85. The van der Waals surface area contributed by atoms with E-state index in [-0.39, 0.29) is 43.4 Å². The lowest BCUT2D eigenvalue weighted by molar-refractivity contribution is -0.00455. The van der Waals surface area contributed by atoms with Gasteiger partial charge >= 0.3 is 16.9 Å². The van der Waals surface area contributed by atoms with Gasteiger partial charge in [-0.05, 0) is 161 Å². The molecule has 13 nitrogen and oxygen atoms in total. The summed E-state index contributed by atoms with van der Waals surface area (Å²) in [7, 11) is -1.01. The molecule has 3 aromatic carbocycles. The third-order valence-electron chi connectivity index (χ3n) is 14.1. The summed E-state index contributed by atoms with van der Waals surface area (Å²) in [4.78, 5) is 4.87. The Morgan fingerprint density at radius 1 is 0.886 bits per heavy atom. The molecule has 1 N–H and O–H groups in total. The third kappa shape index (κ3) is 11.5. The number of sulfonamides is 1. The summed E-state index contributed by atoms with van der Waals surface area (Å²) < 4.78 is 90.3. The van der Waals surface area contributed by atoms with Crippen LogP contribution in [0.25, 0.3) is 11.1 Å². The van der Waals surface area contributed by atoms with Gasteiger partial charge in [-0.3, -0.25) is 14.3 Å². The van der Waals surface area contributed by atoms with Crippen molar-refractivity contribution < 1.29 is 30.7 Å². The molecule has 0 aliphatic carbocycles. The van der Waals surface area contributed by atoms with Gasteiger partial charge in [0.2, 0.25) is 9.79 Å². The zero-order valence-corrected chi connectivity index (χ0v) is 45.4. The van der Waals surface area contributed by atoms with E-state index in [1.807, 2.05) is 38.2 Å². The zero-order chi connectivity index (χ0) is 51.0. The molecule has 4 unspecified atom stereocenters. The highest BCUT2D eigenvalue weighted by molar-refractivity contribution is 8.00. The number of rotatable bonds is 19. The van der Waals surface area contributed by atoms with E-state index in [9.17, 15) is 21.8 Å². The molecule has 2 aliphatic rings. The van der Waals surface area contributed by atoms with Gasteiger partial charge in [0.1, 0.15) is 11.4 Å². The first kappa shape index (κ1) is 54.0. The van der Waals surface area contributed by atoms with Crippen molar-refractivity contribution in [3.05, 3.63) is 104 Å². The van der Waals surface area contributed by atoms with Crippen LogP contribution in [0.4, 0.5) is 20.2 Å². The lowest BCUT2D eigenvalue weighted by Crippen LogP contribution is -2.41. The number of halogens is 4. The second-order valence-corrected chi connectivity index (χ2v) is 24.2. The maximum Gasteiger partial charge on any atom is 0.352 e. The van der Waals surface area contributed by atoms with Crippen molar-refractivity contribution in [2.75, 3.05) is 42.9 Å². The van der Waals surface area contributed by atoms with Gasteiger partial charge in [-0.1, -0.05) is 53.4 Å². The fourth-order valence-electron chi connectivity index (χ4n) is 10.1. The zero-order valence-electron chi connectivity index (χ0n) is 42.2. The van der Waals surface area contributed by atoms with Crippen LogP contribution in [0.3, 0.4) is 0 Å². The number of ether oxygens (including phenoxy) is 1. The number of aryl methyl sites for hydroxylation is 4. The number of hydrogen-bond donors (Lipinski definition) is 1. The molecule has 2 aliphatic heterocycles. The van der Waals surface area contributed by atoms with Gasteiger partial charge in [0, 0.05) is 58.3 Å². The molecule has 7 rings (SSSR count). The molecule has 382 valence electrons. The van der Waals surface area contributed by atoms with E-state index in [1.165, 1.54) is 48.9 Å². The van der Waals surface area contributed by atoms with Crippen LogP contribution in [0, 0.1) is 26.7 Å². The number of nitrogens with one attached hydrogen (secondary N) is 1. The number of anilines is 2. The topological polar surface area (TPSA) is 133 Å². The predicted octanol–water partition coefficient (Wildman–Crippen LogP) is 11.1. The molecule has 2 aromatic heterocycles. The van der Waals surface area contributed by atoms with Crippen LogP contribution >= 0.6 is 23.2 Å². The minimum Gasteiger partial charge on any atom is -0.588 e. The Labute approximate surface area is 425 Å². The van der Waals surface area contributed by atoms with Crippen LogP contribution in [0.5, 0.6) is 0 Å². The Morgan fingerprint density at radius 2 is 1.53 bits per heavy atom. The first-order valence-corrected chi connectivity index (χ1v) is 27.7. The van der Waals surface area contributed by atoms with Crippen molar-refractivity contribution in [1.82, 2.24) is 29.4 Å². The van der Waals surface area contributed by atoms with E-state index in [4.69, 9.17) is 37.2 Å². The number of hydrogen-bond acceptors (Lipinski definition) is 9. The first-order chi connectivity index (χ1) is 33.0. The van der Waals surface area contributed by atoms with E-state index < -0.39 is 32.2 Å². The van der Waals surface area contributed by atoms with Crippen LogP contribution in [-0.4, -0.2) is 92.5 Å². The minimum atomic E-state index is -4.89. The summed E-state index contributed by atoms with van der Waals surface area (Å²) in [5, 5.41) is 8.35. The number of alkyl halides is 2. The molecule has 0 spiro atoms. The molecule has 5 aromatic rings. The molecule has 0 saturated carbocycles. The summed E-state index contributed by atoms with van der Waals surface area (Å²) in [6.45, 7) is 13.3. The van der Waals surface area contributed by atoms with Gasteiger partial charge in [-0.25, -0.2) is 0 Å². The van der Waals surface area contributed by atoms with Crippen LogP contribution < -0.4 is 9.03 Å². The molecule has 0 amide bonds. The quantitative estimate of drug-likeness (QED) is 0.0487. The Kier molecular flexibility index (Phi) is 17.1. The van der Waals surface area contributed by atoms with Crippen molar-refractivity contribution in [3.8, 4) is 11.1 Å². The number of likely N-dealkylation sites (tertiary alicyclic amines) is 2. The minimum absolute atomic E-state index is 0.0407. The van der Waals surface area contributed by atoms with Crippen LogP contribution in [-0.2, 0) is 71.6 Å². The highest BCUT2D eigenvalue weighted by atomic mass is 35.5. The average Bonchev–Trinajstić information content (AvgIpc) is 3.85. The summed E-state index contributed by atoms with van der Waals surface area (Å²) in [6, 6.07) is 18.6. The number of piperidine rings is 1. The molecule has 19 heteroatoms. The molecule has 0 bridgehead atoms. The number of aromatic nitrogens is 4. The third-order valence-corrected chi connectivity index (χ3v) is 18.5.